The summed E-state index contributed by atoms with van der Waals surface area (Å²) in [5, 5.41) is 11.7. The highest BCUT2D eigenvalue weighted by molar-refractivity contribution is 7.99. The van der Waals surface area contributed by atoms with Crippen molar-refractivity contribution in [3.05, 3.63) is 40.1 Å². The van der Waals surface area contributed by atoms with E-state index in [1.165, 1.54) is 17.8 Å². The summed E-state index contributed by atoms with van der Waals surface area (Å²) >= 11 is 1.42. The maximum Gasteiger partial charge on any atom is 0.404 e. The van der Waals surface area contributed by atoms with Gasteiger partial charge in [0.25, 0.3) is 5.69 Å². The van der Waals surface area contributed by atoms with Crippen molar-refractivity contribution >= 4 is 34.4 Å². The molecule has 7 nitrogen and oxygen atoms in total. The predicted molar refractivity (Wildman–Crippen MR) is 79.4 cm³/mol. The van der Waals surface area contributed by atoms with Gasteiger partial charge in [0.05, 0.1) is 10.4 Å². The van der Waals surface area contributed by atoms with Gasteiger partial charge in [-0.15, -0.1) is 11.8 Å². The van der Waals surface area contributed by atoms with Gasteiger partial charge in [-0.05, 0) is 19.1 Å². The molecule has 0 aliphatic heterocycles. The molecule has 0 saturated carbocycles. The largest absolute Gasteiger partial charge is 0.449 e. The number of aromatic nitrogens is 1. The topological polar surface area (TPSA) is 108 Å². The summed E-state index contributed by atoms with van der Waals surface area (Å²) in [6.45, 7) is 1.86. The van der Waals surface area contributed by atoms with Crippen molar-refractivity contribution in [2.75, 3.05) is 12.4 Å². The SMILES string of the molecule is Cc1cc2nccc(SCCOC(N)=O)c2cc1[N+](=O)[O-]. The average Bonchev–Trinajstić information content (AvgIpc) is 2.42. The van der Waals surface area contributed by atoms with Crippen molar-refractivity contribution in [2.45, 2.75) is 11.8 Å². The highest BCUT2D eigenvalue weighted by Gasteiger charge is 2.14. The molecule has 2 rings (SSSR count). The highest BCUT2D eigenvalue weighted by atomic mass is 32.2. The zero-order valence-electron chi connectivity index (χ0n) is 11.2. The summed E-state index contributed by atoms with van der Waals surface area (Å²) in [6.07, 6.45) is 0.826. The van der Waals surface area contributed by atoms with Crippen LogP contribution in [-0.4, -0.2) is 28.4 Å². The molecule has 0 aliphatic rings. The summed E-state index contributed by atoms with van der Waals surface area (Å²) in [7, 11) is 0. The maximum atomic E-state index is 11.0. The molecule has 0 spiro atoms. The minimum Gasteiger partial charge on any atom is -0.449 e. The fourth-order valence-electron chi connectivity index (χ4n) is 1.88. The van der Waals surface area contributed by atoms with Gasteiger partial charge in [0, 0.05) is 33.9 Å². The van der Waals surface area contributed by atoms with E-state index in [9.17, 15) is 14.9 Å². The predicted octanol–water partition coefficient (Wildman–Crippen LogP) is 2.64. The van der Waals surface area contributed by atoms with E-state index in [1.807, 2.05) is 0 Å². The van der Waals surface area contributed by atoms with Gasteiger partial charge in [0.2, 0.25) is 0 Å². The number of nitro groups is 1. The van der Waals surface area contributed by atoms with E-state index in [0.717, 1.165) is 4.90 Å². The summed E-state index contributed by atoms with van der Waals surface area (Å²) in [5.41, 5.74) is 6.20. The van der Waals surface area contributed by atoms with Crippen LogP contribution in [0.15, 0.2) is 29.3 Å². The number of amides is 1. The first kappa shape index (κ1) is 15.0. The second-order valence-corrected chi connectivity index (χ2v) is 5.37. The third kappa shape index (κ3) is 3.60. The molecular formula is C13H13N3O4S. The summed E-state index contributed by atoms with van der Waals surface area (Å²) in [4.78, 5) is 26.2. The number of hydrogen-bond acceptors (Lipinski definition) is 6. The molecule has 8 heteroatoms. The van der Waals surface area contributed by atoms with E-state index in [0.29, 0.717) is 22.2 Å². The van der Waals surface area contributed by atoms with Gasteiger partial charge in [-0.25, -0.2) is 4.79 Å². The smallest absolute Gasteiger partial charge is 0.404 e. The van der Waals surface area contributed by atoms with Crippen molar-refractivity contribution in [1.29, 1.82) is 0 Å². The summed E-state index contributed by atoms with van der Waals surface area (Å²) in [6, 6.07) is 4.99. The maximum absolute atomic E-state index is 11.0. The highest BCUT2D eigenvalue weighted by Crippen LogP contribution is 2.31. The third-order valence-corrected chi connectivity index (χ3v) is 3.84. The Morgan fingerprint density at radius 2 is 2.29 bits per heavy atom. The van der Waals surface area contributed by atoms with Crippen LogP contribution in [0.4, 0.5) is 10.5 Å². The number of ether oxygens (including phenoxy) is 1. The van der Waals surface area contributed by atoms with E-state index < -0.39 is 11.0 Å². The zero-order valence-corrected chi connectivity index (χ0v) is 12.1. The standard InChI is InChI=1S/C13H13N3O4S/c1-8-6-10-9(7-11(8)16(18)19)12(2-3-15-10)21-5-4-20-13(14)17/h2-3,6-7H,4-5H2,1H3,(H2,14,17). The molecule has 0 radical (unpaired) electrons. The van der Waals surface area contributed by atoms with Crippen LogP contribution in [0.2, 0.25) is 0 Å². The number of thioether (sulfide) groups is 1. The third-order valence-electron chi connectivity index (χ3n) is 2.80. The fraction of sp³-hybridized carbons (Fsp3) is 0.231. The molecule has 1 aromatic heterocycles. The molecule has 2 N–H and O–H groups in total. The first-order valence-corrected chi connectivity index (χ1v) is 7.06. The molecule has 1 heterocycles. The van der Waals surface area contributed by atoms with Crippen LogP contribution < -0.4 is 5.73 Å². The quantitative estimate of drug-likeness (QED) is 0.393. The number of nitro benzene ring substituents is 1. The molecular weight excluding hydrogens is 294 g/mol. The number of carbonyl (C=O) groups is 1. The van der Waals surface area contributed by atoms with Gasteiger partial charge in [-0.2, -0.15) is 0 Å². The van der Waals surface area contributed by atoms with E-state index in [2.05, 4.69) is 9.72 Å². The van der Waals surface area contributed by atoms with Crippen LogP contribution in [-0.2, 0) is 4.74 Å². The van der Waals surface area contributed by atoms with E-state index >= 15 is 0 Å². The Labute approximate surface area is 124 Å². The molecule has 1 amide bonds. The van der Waals surface area contributed by atoms with Crippen LogP contribution >= 0.6 is 11.8 Å². The Morgan fingerprint density at radius 1 is 1.52 bits per heavy atom. The monoisotopic (exact) mass is 307 g/mol. The first-order valence-electron chi connectivity index (χ1n) is 6.08. The van der Waals surface area contributed by atoms with Gasteiger partial charge in [0.1, 0.15) is 6.61 Å². The molecule has 21 heavy (non-hydrogen) atoms. The molecule has 0 fully saturated rings. The van der Waals surface area contributed by atoms with Crippen molar-refractivity contribution in [3.63, 3.8) is 0 Å². The Balaban J connectivity index is 2.29. The second kappa shape index (κ2) is 6.40. The average molecular weight is 307 g/mol. The molecule has 2 aromatic rings. The Bertz CT molecular complexity index is 705. The van der Waals surface area contributed by atoms with Crippen molar-refractivity contribution in [2.24, 2.45) is 5.73 Å². The van der Waals surface area contributed by atoms with Crippen LogP contribution in [0, 0.1) is 17.0 Å². The summed E-state index contributed by atoms with van der Waals surface area (Å²) in [5.74, 6) is 0.504. The number of rotatable bonds is 5. The Morgan fingerprint density at radius 3 is 2.95 bits per heavy atom. The number of pyridine rings is 1. The minimum atomic E-state index is -0.818. The zero-order chi connectivity index (χ0) is 15.4. The molecule has 0 saturated heterocycles. The lowest BCUT2D eigenvalue weighted by molar-refractivity contribution is -0.385. The van der Waals surface area contributed by atoms with Crippen LogP contribution in [0.5, 0.6) is 0 Å². The normalized spacial score (nSPS) is 10.5. The lowest BCUT2D eigenvalue weighted by Crippen LogP contribution is -2.14. The lowest BCUT2D eigenvalue weighted by Gasteiger charge is -2.07. The number of carbonyl (C=O) groups excluding carboxylic acids is 1. The second-order valence-electron chi connectivity index (χ2n) is 4.24. The van der Waals surface area contributed by atoms with Crippen molar-refractivity contribution in [1.82, 2.24) is 4.98 Å². The van der Waals surface area contributed by atoms with E-state index in [-0.39, 0.29) is 12.3 Å². The number of primary amides is 1. The molecule has 0 unspecified atom stereocenters. The summed E-state index contributed by atoms with van der Waals surface area (Å²) < 4.78 is 4.65. The van der Waals surface area contributed by atoms with Gasteiger partial charge >= 0.3 is 6.09 Å². The van der Waals surface area contributed by atoms with Gasteiger partial charge in [0.15, 0.2) is 0 Å². The fourth-order valence-corrected chi connectivity index (χ4v) is 2.74. The molecule has 0 bridgehead atoms. The number of benzene rings is 1. The van der Waals surface area contributed by atoms with Crippen LogP contribution in [0.3, 0.4) is 0 Å². The Hall–Kier alpha value is -2.35. The van der Waals surface area contributed by atoms with E-state index in [1.54, 1.807) is 25.3 Å². The number of nitrogens with zero attached hydrogens (tertiary/aromatic N) is 2. The Kier molecular flexibility index (Phi) is 4.59. The first-order chi connectivity index (χ1) is 9.99. The molecule has 1 aromatic carbocycles. The van der Waals surface area contributed by atoms with Gasteiger partial charge in [-0.3, -0.25) is 15.1 Å². The number of hydrogen-bond donors (Lipinski definition) is 1. The lowest BCUT2D eigenvalue weighted by atomic mass is 10.1. The van der Waals surface area contributed by atoms with Gasteiger partial charge < -0.3 is 10.5 Å². The number of nitrogens with two attached hydrogens (primary N) is 1. The van der Waals surface area contributed by atoms with Crippen LogP contribution in [0.25, 0.3) is 10.9 Å². The molecule has 0 atom stereocenters. The van der Waals surface area contributed by atoms with E-state index in [4.69, 9.17) is 5.73 Å². The molecule has 110 valence electrons. The van der Waals surface area contributed by atoms with Gasteiger partial charge in [-0.1, -0.05) is 0 Å². The minimum absolute atomic E-state index is 0.0609. The van der Waals surface area contributed by atoms with Crippen molar-refractivity contribution in [3.8, 4) is 0 Å². The van der Waals surface area contributed by atoms with Crippen molar-refractivity contribution < 1.29 is 14.5 Å². The van der Waals surface area contributed by atoms with Crippen LogP contribution in [0.1, 0.15) is 5.56 Å². The molecule has 0 aliphatic carbocycles. The number of aryl methyl sites for hydroxylation is 1. The number of fused-ring (bicyclic) bond motifs is 1.